The number of rotatable bonds is 7. The van der Waals surface area contributed by atoms with Crippen molar-refractivity contribution in [1.82, 2.24) is 4.90 Å². The van der Waals surface area contributed by atoms with Gasteiger partial charge in [0, 0.05) is 6.54 Å². The average Bonchev–Trinajstić information content (AvgIpc) is 2.55. The molecule has 0 radical (unpaired) electrons. The zero-order valence-electron chi connectivity index (χ0n) is 13.9. The Bertz CT molecular complexity index is 381. The lowest BCUT2D eigenvalue weighted by atomic mass is 9.81. The first-order chi connectivity index (χ1) is 10.2. The molecule has 0 spiro atoms. The number of hydrogen-bond donors (Lipinski definition) is 1. The SMILES string of the molecule is CCC(CC)(CN)CN1CCC(Cc2ccccc2)CC1. The second kappa shape index (κ2) is 7.95. The molecule has 118 valence electrons. The first kappa shape index (κ1) is 16.5. The first-order valence-corrected chi connectivity index (χ1v) is 8.67. The molecular weight excluding hydrogens is 256 g/mol. The number of hydrogen-bond acceptors (Lipinski definition) is 2. The molecule has 2 rings (SSSR count). The maximum absolute atomic E-state index is 6.05. The van der Waals surface area contributed by atoms with Gasteiger partial charge in [-0.05, 0) is 68.6 Å². The number of benzene rings is 1. The third-order valence-electron chi connectivity index (χ3n) is 5.57. The van der Waals surface area contributed by atoms with Gasteiger partial charge >= 0.3 is 0 Å². The molecule has 2 N–H and O–H groups in total. The van der Waals surface area contributed by atoms with Crippen LogP contribution >= 0.6 is 0 Å². The van der Waals surface area contributed by atoms with Gasteiger partial charge in [-0.3, -0.25) is 0 Å². The minimum Gasteiger partial charge on any atom is -0.330 e. The fourth-order valence-electron chi connectivity index (χ4n) is 3.60. The largest absolute Gasteiger partial charge is 0.330 e. The summed E-state index contributed by atoms with van der Waals surface area (Å²) in [4.78, 5) is 2.65. The molecule has 2 heteroatoms. The molecular formula is C19H32N2. The molecule has 0 atom stereocenters. The molecule has 1 aliphatic rings. The van der Waals surface area contributed by atoms with Crippen LogP contribution in [0.15, 0.2) is 30.3 Å². The Morgan fingerprint density at radius 3 is 2.24 bits per heavy atom. The van der Waals surface area contributed by atoms with Gasteiger partial charge in [0.05, 0.1) is 0 Å². The second-order valence-electron chi connectivity index (χ2n) is 6.82. The molecule has 21 heavy (non-hydrogen) atoms. The summed E-state index contributed by atoms with van der Waals surface area (Å²) in [6, 6.07) is 10.9. The van der Waals surface area contributed by atoms with E-state index in [1.54, 1.807) is 0 Å². The standard InChI is InChI=1S/C19H32N2/c1-3-19(4-2,15-20)16-21-12-10-18(11-13-21)14-17-8-6-5-7-9-17/h5-9,18H,3-4,10-16,20H2,1-2H3. The van der Waals surface area contributed by atoms with Gasteiger partial charge in [-0.25, -0.2) is 0 Å². The van der Waals surface area contributed by atoms with Crippen molar-refractivity contribution in [1.29, 1.82) is 0 Å². The van der Waals surface area contributed by atoms with Gasteiger partial charge < -0.3 is 10.6 Å². The van der Waals surface area contributed by atoms with Gasteiger partial charge in [0.15, 0.2) is 0 Å². The van der Waals surface area contributed by atoms with Crippen molar-refractivity contribution in [2.24, 2.45) is 17.1 Å². The van der Waals surface area contributed by atoms with Crippen LogP contribution in [0.5, 0.6) is 0 Å². The Morgan fingerprint density at radius 2 is 1.71 bits per heavy atom. The summed E-state index contributed by atoms with van der Waals surface area (Å²) >= 11 is 0. The van der Waals surface area contributed by atoms with Crippen LogP contribution in [0.2, 0.25) is 0 Å². The van der Waals surface area contributed by atoms with E-state index in [1.165, 1.54) is 57.3 Å². The minimum absolute atomic E-state index is 0.340. The van der Waals surface area contributed by atoms with Crippen LogP contribution in [0.1, 0.15) is 45.1 Å². The van der Waals surface area contributed by atoms with Crippen molar-refractivity contribution in [3.8, 4) is 0 Å². The molecule has 1 aliphatic heterocycles. The van der Waals surface area contributed by atoms with Gasteiger partial charge in [-0.15, -0.1) is 0 Å². The van der Waals surface area contributed by atoms with Crippen molar-refractivity contribution in [3.05, 3.63) is 35.9 Å². The Morgan fingerprint density at radius 1 is 1.10 bits per heavy atom. The Labute approximate surface area is 130 Å². The molecule has 0 unspecified atom stereocenters. The number of likely N-dealkylation sites (tertiary alicyclic amines) is 1. The molecule has 1 aromatic carbocycles. The minimum atomic E-state index is 0.340. The average molecular weight is 288 g/mol. The van der Waals surface area contributed by atoms with E-state index in [1.807, 2.05) is 0 Å². The summed E-state index contributed by atoms with van der Waals surface area (Å²) in [7, 11) is 0. The third-order valence-corrected chi connectivity index (χ3v) is 5.57. The maximum Gasteiger partial charge on any atom is 0.00499 e. The maximum atomic E-state index is 6.05. The van der Waals surface area contributed by atoms with Crippen LogP contribution in [-0.2, 0) is 6.42 Å². The van der Waals surface area contributed by atoms with Crippen LogP contribution in [0.25, 0.3) is 0 Å². The zero-order valence-corrected chi connectivity index (χ0v) is 13.9. The van der Waals surface area contributed by atoms with Gasteiger partial charge in [0.2, 0.25) is 0 Å². The second-order valence-corrected chi connectivity index (χ2v) is 6.82. The van der Waals surface area contributed by atoms with Crippen LogP contribution in [0.4, 0.5) is 0 Å². The monoisotopic (exact) mass is 288 g/mol. The Hall–Kier alpha value is -0.860. The van der Waals surface area contributed by atoms with Crippen molar-refractivity contribution < 1.29 is 0 Å². The molecule has 1 heterocycles. The van der Waals surface area contributed by atoms with E-state index in [-0.39, 0.29) is 0 Å². The highest BCUT2D eigenvalue weighted by Gasteiger charge is 2.29. The van der Waals surface area contributed by atoms with E-state index >= 15 is 0 Å². The van der Waals surface area contributed by atoms with Crippen molar-refractivity contribution in [2.45, 2.75) is 46.0 Å². The summed E-state index contributed by atoms with van der Waals surface area (Å²) in [5.41, 5.74) is 7.88. The lowest BCUT2D eigenvalue weighted by molar-refractivity contribution is 0.106. The van der Waals surface area contributed by atoms with E-state index in [4.69, 9.17) is 5.73 Å². The topological polar surface area (TPSA) is 29.3 Å². The molecule has 0 bridgehead atoms. The van der Waals surface area contributed by atoms with Crippen LogP contribution < -0.4 is 5.73 Å². The predicted octanol–water partition coefficient (Wildman–Crippen LogP) is 3.71. The number of nitrogens with zero attached hydrogens (tertiary/aromatic N) is 1. The molecule has 0 aromatic heterocycles. The fourth-order valence-corrected chi connectivity index (χ4v) is 3.60. The van der Waals surface area contributed by atoms with Crippen molar-refractivity contribution >= 4 is 0 Å². The number of piperidine rings is 1. The highest BCUT2D eigenvalue weighted by Crippen LogP contribution is 2.29. The third kappa shape index (κ3) is 4.55. The lowest BCUT2D eigenvalue weighted by Gasteiger charge is -2.40. The zero-order chi connectivity index (χ0) is 15.1. The van der Waals surface area contributed by atoms with Gasteiger partial charge in [0.1, 0.15) is 0 Å². The summed E-state index contributed by atoms with van der Waals surface area (Å²) in [6.07, 6.45) is 6.32. The van der Waals surface area contributed by atoms with Crippen LogP contribution in [0, 0.1) is 11.3 Å². The molecule has 1 aromatic rings. The van der Waals surface area contributed by atoms with E-state index in [9.17, 15) is 0 Å². The van der Waals surface area contributed by atoms with Crippen LogP contribution in [0.3, 0.4) is 0 Å². The first-order valence-electron chi connectivity index (χ1n) is 8.67. The predicted molar refractivity (Wildman–Crippen MR) is 91.4 cm³/mol. The Kier molecular flexibility index (Phi) is 6.25. The molecule has 0 amide bonds. The quantitative estimate of drug-likeness (QED) is 0.829. The van der Waals surface area contributed by atoms with Crippen molar-refractivity contribution in [2.75, 3.05) is 26.2 Å². The van der Waals surface area contributed by atoms with E-state index in [0.29, 0.717) is 5.41 Å². The van der Waals surface area contributed by atoms with E-state index < -0.39 is 0 Å². The molecule has 1 fully saturated rings. The molecule has 1 saturated heterocycles. The summed E-state index contributed by atoms with van der Waals surface area (Å²) in [5, 5.41) is 0. The van der Waals surface area contributed by atoms with E-state index in [2.05, 4.69) is 49.1 Å². The summed E-state index contributed by atoms with van der Waals surface area (Å²) < 4.78 is 0. The van der Waals surface area contributed by atoms with Gasteiger partial charge in [-0.2, -0.15) is 0 Å². The fraction of sp³-hybridized carbons (Fsp3) is 0.684. The summed E-state index contributed by atoms with van der Waals surface area (Å²) in [5.74, 6) is 0.860. The van der Waals surface area contributed by atoms with Gasteiger partial charge in [0.25, 0.3) is 0 Å². The smallest absolute Gasteiger partial charge is 0.00499 e. The van der Waals surface area contributed by atoms with Crippen molar-refractivity contribution in [3.63, 3.8) is 0 Å². The summed E-state index contributed by atoms with van der Waals surface area (Å²) in [6.45, 7) is 9.09. The van der Waals surface area contributed by atoms with Crippen LogP contribution in [-0.4, -0.2) is 31.1 Å². The molecule has 0 aliphatic carbocycles. The molecule has 0 saturated carbocycles. The van der Waals surface area contributed by atoms with Gasteiger partial charge in [-0.1, -0.05) is 44.2 Å². The Balaban J connectivity index is 1.80. The molecule has 2 nitrogen and oxygen atoms in total. The van der Waals surface area contributed by atoms with E-state index in [0.717, 1.165) is 12.5 Å². The lowest BCUT2D eigenvalue weighted by Crippen LogP contribution is -2.45. The highest BCUT2D eigenvalue weighted by atomic mass is 15.1. The highest BCUT2D eigenvalue weighted by molar-refractivity contribution is 5.15. The number of nitrogens with two attached hydrogens (primary N) is 1. The normalized spacial score (nSPS) is 18.0.